The topological polar surface area (TPSA) is 67.6 Å². The zero-order chi connectivity index (χ0) is 12.7. The van der Waals surface area contributed by atoms with Crippen LogP contribution in [0.25, 0.3) is 22.0 Å². The molecule has 3 N–H and O–H groups in total. The van der Waals surface area contributed by atoms with E-state index >= 15 is 0 Å². The highest BCUT2D eigenvalue weighted by molar-refractivity contribution is 5.90. The van der Waals surface area contributed by atoms with E-state index in [-0.39, 0.29) is 0 Å². The lowest BCUT2D eigenvalue weighted by molar-refractivity contribution is 1.04. The Morgan fingerprint density at radius 3 is 2.67 bits per heavy atom. The quantitative estimate of drug-likeness (QED) is 0.685. The molecule has 2 aromatic heterocycles. The van der Waals surface area contributed by atoms with E-state index in [9.17, 15) is 0 Å². The average Bonchev–Trinajstić information content (AvgIpc) is 2.66. The molecule has 0 atom stereocenters. The molecular formula is C14H14N4. The van der Waals surface area contributed by atoms with Crippen LogP contribution in [0.15, 0.2) is 30.6 Å². The van der Waals surface area contributed by atoms with Gasteiger partial charge in [0.05, 0.1) is 18.1 Å². The van der Waals surface area contributed by atoms with Gasteiger partial charge in [-0.05, 0) is 37.1 Å². The highest BCUT2D eigenvalue weighted by Crippen LogP contribution is 2.29. The Bertz CT molecular complexity index is 728. The molecule has 3 rings (SSSR count). The van der Waals surface area contributed by atoms with E-state index in [0.717, 1.165) is 16.6 Å². The third-order valence-corrected chi connectivity index (χ3v) is 3.38. The molecule has 0 aliphatic rings. The number of aryl methyl sites for hydroxylation is 2. The molecular weight excluding hydrogens is 224 g/mol. The summed E-state index contributed by atoms with van der Waals surface area (Å²) in [6.45, 7) is 4.20. The normalized spacial score (nSPS) is 11.0. The molecule has 0 fully saturated rings. The lowest BCUT2D eigenvalue weighted by Crippen LogP contribution is -1.93. The number of hydrogen-bond donors (Lipinski definition) is 2. The van der Waals surface area contributed by atoms with Crippen LogP contribution in [-0.4, -0.2) is 15.2 Å². The van der Waals surface area contributed by atoms with Gasteiger partial charge in [0.15, 0.2) is 0 Å². The zero-order valence-electron chi connectivity index (χ0n) is 10.4. The predicted molar refractivity (Wildman–Crippen MR) is 73.2 cm³/mol. The molecule has 0 unspecified atom stereocenters. The van der Waals surface area contributed by atoms with Crippen molar-refractivity contribution < 1.29 is 0 Å². The van der Waals surface area contributed by atoms with Gasteiger partial charge in [-0.1, -0.05) is 6.07 Å². The average molecular weight is 238 g/mol. The number of aromatic amines is 1. The van der Waals surface area contributed by atoms with Crippen molar-refractivity contribution >= 4 is 16.6 Å². The summed E-state index contributed by atoms with van der Waals surface area (Å²) in [5.74, 6) is 0. The number of anilines is 1. The fourth-order valence-electron chi connectivity index (χ4n) is 2.20. The number of fused-ring (bicyclic) bond motifs is 1. The van der Waals surface area contributed by atoms with Gasteiger partial charge in [0.2, 0.25) is 0 Å². The van der Waals surface area contributed by atoms with E-state index < -0.39 is 0 Å². The zero-order valence-corrected chi connectivity index (χ0v) is 10.4. The number of nitrogens with two attached hydrogens (primary N) is 1. The molecule has 0 saturated heterocycles. The maximum Gasteiger partial charge on any atom is 0.0732 e. The van der Waals surface area contributed by atoms with E-state index in [1.54, 1.807) is 12.4 Å². The van der Waals surface area contributed by atoms with E-state index in [0.29, 0.717) is 5.69 Å². The summed E-state index contributed by atoms with van der Waals surface area (Å²) in [6.07, 6.45) is 3.28. The Balaban J connectivity index is 2.25. The molecule has 90 valence electrons. The van der Waals surface area contributed by atoms with Crippen LogP contribution in [0.1, 0.15) is 11.3 Å². The summed E-state index contributed by atoms with van der Waals surface area (Å²) in [7, 11) is 0. The largest absolute Gasteiger partial charge is 0.397 e. The molecule has 2 heterocycles. The Hall–Kier alpha value is -2.36. The molecule has 0 saturated carbocycles. The standard InChI is InChI=1S/C14H14N4/c1-8-9(2)18-14-4-3-10(5-11(8)14)12-6-16-17-7-13(12)15/h3-7,18H,1-2H3,(H2,15,16). The Morgan fingerprint density at radius 1 is 1.11 bits per heavy atom. The summed E-state index contributed by atoms with van der Waals surface area (Å²) >= 11 is 0. The number of H-pyrrole nitrogens is 1. The van der Waals surface area contributed by atoms with Gasteiger partial charge in [0.1, 0.15) is 0 Å². The second kappa shape index (κ2) is 3.84. The Morgan fingerprint density at radius 2 is 1.89 bits per heavy atom. The number of aromatic nitrogens is 3. The van der Waals surface area contributed by atoms with Gasteiger partial charge in [0, 0.05) is 22.2 Å². The number of rotatable bonds is 1. The molecule has 3 aromatic rings. The van der Waals surface area contributed by atoms with Crippen molar-refractivity contribution in [2.75, 3.05) is 5.73 Å². The third kappa shape index (κ3) is 1.54. The Labute approximate surface area is 105 Å². The van der Waals surface area contributed by atoms with Crippen molar-refractivity contribution in [3.63, 3.8) is 0 Å². The summed E-state index contributed by atoms with van der Waals surface area (Å²) in [5, 5.41) is 8.89. The number of benzene rings is 1. The predicted octanol–water partition coefficient (Wildman–Crippen LogP) is 2.82. The van der Waals surface area contributed by atoms with Gasteiger partial charge in [-0.2, -0.15) is 10.2 Å². The highest BCUT2D eigenvalue weighted by atomic mass is 15.1. The van der Waals surface area contributed by atoms with Crippen molar-refractivity contribution in [2.45, 2.75) is 13.8 Å². The van der Waals surface area contributed by atoms with Crippen molar-refractivity contribution in [2.24, 2.45) is 0 Å². The van der Waals surface area contributed by atoms with Gasteiger partial charge in [-0.15, -0.1) is 0 Å². The van der Waals surface area contributed by atoms with Crippen LogP contribution in [0.3, 0.4) is 0 Å². The van der Waals surface area contributed by atoms with Crippen LogP contribution in [0, 0.1) is 13.8 Å². The SMILES string of the molecule is Cc1[nH]c2ccc(-c3cnncc3N)cc2c1C. The highest BCUT2D eigenvalue weighted by Gasteiger charge is 2.08. The number of nitrogens with one attached hydrogen (secondary N) is 1. The van der Waals surface area contributed by atoms with Gasteiger partial charge >= 0.3 is 0 Å². The van der Waals surface area contributed by atoms with Crippen LogP contribution in [0.4, 0.5) is 5.69 Å². The van der Waals surface area contributed by atoms with Crippen molar-refractivity contribution in [1.82, 2.24) is 15.2 Å². The summed E-state index contributed by atoms with van der Waals surface area (Å²) < 4.78 is 0. The number of hydrogen-bond acceptors (Lipinski definition) is 3. The minimum atomic E-state index is 0.647. The molecule has 0 aliphatic carbocycles. The molecule has 18 heavy (non-hydrogen) atoms. The third-order valence-electron chi connectivity index (χ3n) is 3.38. The van der Waals surface area contributed by atoms with Crippen LogP contribution in [0.5, 0.6) is 0 Å². The molecule has 0 bridgehead atoms. The fraction of sp³-hybridized carbons (Fsp3) is 0.143. The van der Waals surface area contributed by atoms with Crippen LogP contribution in [-0.2, 0) is 0 Å². The summed E-state index contributed by atoms with van der Waals surface area (Å²) in [5.41, 5.74) is 12.2. The summed E-state index contributed by atoms with van der Waals surface area (Å²) in [6, 6.07) is 6.26. The van der Waals surface area contributed by atoms with Crippen molar-refractivity contribution in [3.8, 4) is 11.1 Å². The van der Waals surface area contributed by atoms with E-state index in [2.05, 4.69) is 41.2 Å². The molecule has 1 aromatic carbocycles. The molecule has 0 aliphatic heterocycles. The first-order valence-corrected chi connectivity index (χ1v) is 5.82. The molecule has 0 spiro atoms. The van der Waals surface area contributed by atoms with Crippen LogP contribution < -0.4 is 5.73 Å². The smallest absolute Gasteiger partial charge is 0.0732 e. The number of nitrogens with zero attached hydrogens (tertiary/aromatic N) is 2. The lowest BCUT2D eigenvalue weighted by atomic mass is 10.0. The van der Waals surface area contributed by atoms with Crippen molar-refractivity contribution in [3.05, 3.63) is 41.9 Å². The maximum absolute atomic E-state index is 5.93. The molecule has 0 amide bonds. The molecule has 4 heteroatoms. The van der Waals surface area contributed by atoms with E-state index in [1.807, 2.05) is 6.07 Å². The van der Waals surface area contributed by atoms with E-state index in [1.165, 1.54) is 16.6 Å². The monoisotopic (exact) mass is 238 g/mol. The van der Waals surface area contributed by atoms with Crippen molar-refractivity contribution in [1.29, 1.82) is 0 Å². The minimum absolute atomic E-state index is 0.647. The number of nitrogen functional groups attached to an aromatic ring is 1. The molecule has 0 radical (unpaired) electrons. The van der Waals surface area contributed by atoms with Crippen LogP contribution >= 0.6 is 0 Å². The first-order valence-electron chi connectivity index (χ1n) is 5.82. The first kappa shape index (κ1) is 10.8. The second-order valence-electron chi connectivity index (χ2n) is 4.49. The van der Waals surface area contributed by atoms with Gasteiger partial charge < -0.3 is 10.7 Å². The second-order valence-corrected chi connectivity index (χ2v) is 4.49. The summed E-state index contributed by atoms with van der Waals surface area (Å²) in [4.78, 5) is 3.36. The van der Waals surface area contributed by atoms with E-state index in [4.69, 9.17) is 5.73 Å². The van der Waals surface area contributed by atoms with Crippen LogP contribution in [0.2, 0.25) is 0 Å². The minimum Gasteiger partial charge on any atom is -0.397 e. The van der Waals surface area contributed by atoms with Gasteiger partial charge in [-0.3, -0.25) is 0 Å². The lowest BCUT2D eigenvalue weighted by Gasteiger charge is -2.04. The van der Waals surface area contributed by atoms with Gasteiger partial charge in [-0.25, -0.2) is 0 Å². The Kier molecular flexibility index (Phi) is 2.30. The maximum atomic E-state index is 5.93. The first-order chi connectivity index (χ1) is 8.66. The molecule has 4 nitrogen and oxygen atoms in total. The van der Waals surface area contributed by atoms with Gasteiger partial charge in [0.25, 0.3) is 0 Å². The fourth-order valence-corrected chi connectivity index (χ4v) is 2.20.